The number of carbonyl (C=O) groups is 3. The maximum Gasteiger partial charge on any atom is 0.303 e. The second-order valence-corrected chi connectivity index (χ2v) is 5.32. The van der Waals surface area contributed by atoms with Crippen molar-refractivity contribution in [3.63, 3.8) is 0 Å². The van der Waals surface area contributed by atoms with Gasteiger partial charge in [0.1, 0.15) is 0 Å². The average molecular weight is 353 g/mol. The van der Waals surface area contributed by atoms with Gasteiger partial charge in [0.15, 0.2) is 23.3 Å². The van der Waals surface area contributed by atoms with Crippen LogP contribution in [0.1, 0.15) is 27.7 Å². The van der Waals surface area contributed by atoms with Crippen molar-refractivity contribution in [2.45, 2.75) is 57.1 Å². The van der Waals surface area contributed by atoms with E-state index in [1.54, 1.807) is 6.92 Å². The maximum atomic E-state index is 11.2. The molecule has 0 bridgehead atoms. The van der Waals surface area contributed by atoms with Gasteiger partial charge in [0, 0.05) is 20.8 Å². The molecule has 5 atom stereocenters. The Balaban J connectivity index is 3.01. The molecule has 0 spiro atoms. The third kappa shape index (κ3) is 4.45. The number of hydrogen-bond acceptors (Lipinski definition) is 7. The van der Waals surface area contributed by atoms with E-state index in [4.69, 9.17) is 18.9 Å². The minimum Gasteiger partial charge on any atom is -0.456 e. The fourth-order valence-corrected chi connectivity index (χ4v) is 2.70. The molecule has 1 aliphatic heterocycles. The molecule has 0 aromatic heterocycles. The van der Waals surface area contributed by atoms with E-state index < -0.39 is 47.3 Å². The summed E-state index contributed by atoms with van der Waals surface area (Å²) >= 11 is 3.22. The van der Waals surface area contributed by atoms with Gasteiger partial charge in [-0.1, -0.05) is 15.9 Å². The number of ether oxygens (including phenoxy) is 4. The molecule has 0 aliphatic carbocycles. The van der Waals surface area contributed by atoms with E-state index in [2.05, 4.69) is 15.9 Å². The molecule has 1 aliphatic rings. The van der Waals surface area contributed by atoms with Crippen LogP contribution in [0.2, 0.25) is 0 Å². The van der Waals surface area contributed by atoms with E-state index in [9.17, 15) is 14.4 Å². The summed E-state index contributed by atoms with van der Waals surface area (Å²) in [5.41, 5.74) is 0. The molecule has 8 heteroatoms. The lowest BCUT2D eigenvalue weighted by atomic mass is 10.00. The van der Waals surface area contributed by atoms with Crippen LogP contribution in [-0.2, 0) is 33.3 Å². The minimum atomic E-state index is -0.937. The quantitative estimate of drug-likeness (QED) is 0.424. The lowest BCUT2D eigenvalue weighted by Gasteiger charge is -2.41. The van der Waals surface area contributed by atoms with Crippen LogP contribution in [0.3, 0.4) is 0 Å². The first-order chi connectivity index (χ1) is 9.22. The SMILES string of the molecule is CC(=O)O[C@@H]1[C@@H](OC(C)=O)[C@H](C)O[C@H](Br)[C@@H]1OC(C)=O. The zero-order valence-corrected chi connectivity index (χ0v) is 13.2. The van der Waals surface area contributed by atoms with Crippen molar-refractivity contribution in [1.82, 2.24) is 0 Å². The summed E-state index contributed by atoms with van der Waals surface area (Å²) in [6.45, 7) is 5.35. The van der Waals surface area contributed by atoms with Crippen molar-refractivity contribution in [2.24, 2.45) is 0 Å². The Hall–Kier alpha value is -1.15. The number of rotatable bonds is 3. The molecule has 0 radical (unpaired) electrons. The fraction of sp³-hybridized carbons (Fsp3) is 0.750. The highest BCUT2D eigenvalue weighted by atomic mass is 79.9. The molecule has 1 saturated heterocycles. The molecule has 0 aromatic carbocycles. The Kier molecular flexibility index (Phi) is 5.94. The summed E-state index contributed by atoms with van der Waals surface area (Å²) in [4.78, 5) is 33.5. The zero-order valence-electron chi connectivity index (χ0n) is 11.6. The third-order valence-electron chi connectivity index (χ3n) is 2.62. The van der Waals surface area contributed by atoms with E-state index in [0.717, 1.165) is 0 Å². The van der Waals surface area contributed by atoms with Gasteiger partial charge in [0.05, 0.1) is 6.10 Å². The molecule has 114 valence electrons. The van der Waals surface area contributed by atoms with Gasteiger partial charge < -0.3 is 18.9 Å². The van der Waals surface area contributed by atoms with E-state index in [-0.39, 0.29) is 0 Å². The first-order valence-corrected chi connectivity index (χ1v) is 6.95. The number of halogens is 1. The number of hydrogen-bond donors (Lipinski definition) is 0. The van der Waals surface area contributed by atoms with Gasteiger partial charge in [0.25, 0.3) is 0 Å². The van der Waals surface area contributed by atoms with E-state index in [1.165, 1.54) is 20.8 Å². The predicted molar refractivity (Wildman–Crippen MR) is 69.9 cm³/mol. The van der Waals surface area contributed by atoms with Crippen LogP contribution >= 0.6 is 15.9 Å². The molecule has 0 aromatic rings. The van der Waals surface area contributed by atoms with E-state index in [1.807, 2.05) is 0 Å². The van der Waals surface area contributed by atoms with Crippen LogP contribution in [-0.4, -0.2) is 47.3 Å². The van der Waals surface area contributed by atoms with Crippen molar-refractivity contribution < 1.29 is 33.3 Å². The third-order valence-corrected chi connectivity index (χ3v) is 3.36. The highest BCUT2D eigenvalue weighted by Crippen LogP contribution is 2.31. The second-order valence-electron chi connectivity index (χ2n) is 4.41. The van der Waals surface area contributed by atoms with Crippen LogP contribution in [0.15, 0.2) is 0 Å². The summed E-state index contributed by atoms with van der Waals surface area (Å²) < 4.78 is 20.9. The van der Waals surface area contributed by atoms with Crippen molar-refractivity contribution in [3.05, 3.63) is 0 Å². The standard InChI is InChI=1S/C12H17BrO7/c1-5-9(18-6(2)14)10(19-7(3)15)11(12(13)17-5)20-8(4)16/h5,9-12H,1-4H3/t5-,9-,10+,11+,12-/m0/s1. The summed E-state index contributed by atoms with van der Waals surface area (Å²) in [6.07, 6.45) is -3.22. The molecule has 7 nitrogen and oxygen atoms in total. The van der Waals surface area contributed by atoms with Gasteiger partial charge >= 0.3 is 17.9 Å². The largest absolute Gasteiger partial charge is 0.456 e. The van der Waals surface area contributed by atoms with Crippen LogP contribution in [0.4, 0.5) is 0 Å². The Morgan fingerprint density at radius 2 is 1.25 bits per heavy atom. The topological polar surface area (TPSA) is 88.1 Å². The van der Waals surface area contributed by atoms with Gasteiger partial charge in [-0.15, -0.1) is 0 Å². The summed E-state index contributed by atoms with van der Waals surface area (Å²) in [5, 5.41) is -0.669. The Bertz CT molecular complexity index is 369. The van der Waals surface area contributed by atoms with Crippen LogP contribution in [0.25, 0.3) is 0 Å². The lowest BCUT2D eigenvalue weighted by Crippen LogP contribution is -2.59. The average Bonchev–Trinajstić information content (AvgIpc) is 2.27. The maximum absolute atomic E-state index is 11.2. The second kappa shape index (κ2) is 7.03. The van der Waals surface area contributed by atoms with Crippen molar-refractivity contribution >= 4 is 33.8 Å². The first-order valence-electron chi connectivity index (χ1n) is 6.03. The van der Waals surface area contributed by atoms with E-state index >= 15 is 0 Å². The van der Waals surface area contributed by atoms with Gasteiger partial charge in [-0.3, -0.25) is 14.4 Å². The molecule has 20 heavy (non-hydrogen) atoms. The molecule has 0 amide bonds. The summed E-state index contributed by atoms with van der Waals surface area (Å²) in [7, 11) is 0. The molecule has 0 unspecified atom stereocenters. The van der Waals surface area contributed by atoms with Gasteiger partial charge in [0.2, 0.25) is 0 Å². The molecule has 0 saturated carbocycles. The molecule has 1 heterocycles. The van der Waals surface area contributed by atoms with Crippen molar-refractivity contribution in [3.8, 4) is 0 Å². The summed E-state index contributed by atoms with van der Waals surface area (Å²) in [5.74, 6) is -1.67. The molecule has 1 rings (SSSR count). The Morgan fingerprint density at radius 3 is 1.70 bits per heavy atom. The first kappa shape index (κ1) is 16.9. The number of alkyl halides is 1. The molecule has 0 N–H and O–H groups in total. The predicted octanol–water partition coefficient (Wildman–Crippen LogP) is 0.921. The van der Waals surface area contributed by atoms with Gasteiger partial charge in [-0.05, 0) is 6.92 Å². The molecular formula is C12H17BrO7. The van der Waals surface area contributed by atoms with Crippen LogP contribution in [0.5, 0.6) is 0 Å². The highest BCUT2D eigenvalue weighted by molar-refractivity contribution is 9.09. The minimum absolute atomic E-state index is 0.528. The van der Waals surface area contributed by atoms with Crippen molar-refractivity contribution in [2.75, 3.05) is 0 Å². The lowest BCUT2D eigenvalue weighted by molar-refractivity contribution is -0.227. The number of esters is 3. The fourth-order valence-electron chi connectivity index (χ4n) is 1.96. The van der Waals surface area contributed by atoms with Crippen LogP contribution in [0, 0.1) is 0 Å². The van der Waals surface area contributed by atoms with Crippen LogP contribution < -0.4 is 0 Å². The zero-order chi connectivity index (χ0) is 15.4. The monoisotopic (exact) mass is 352 g/mol. The summed E-state index contributed by atoms with van der Waals surface area (Å²) in [6, 6.07) is 0. The highest BCUT2D eigenvalue weighted by Gasteiger charge is 2.49. The smallest absolute Gasteiger partial charge is 0.303 e. The van der Waals surface area contributed by atoms with Crippen molar-refractivity contribution in [1.29, 1.82) is 0 Å². The molecule has 1 fully saturated rings. The van der Waals surface area contributed by atoms with Gasteiger partial charge in [-0.2, -0.15) is 0 Å². The number of carbonyl (C=O) groups excluding carboxylic acids is 3. The molecular weight excluding hydrogens is 336 g/mol. The van der Waals surface area contributed by atoms with E-state index in [0.29, 0.717) is 0 Å². The Morgan fingerprint density at radius 1 is 0.850 bits per heavy atom. The Labute approximate surface area is 125 Å². The van der Waals surface area contributed by atoms with Gasteiger partial charge in [-0.25, -0.2) is 0 Å². The normalized spacial score (nSPS) is 33.1.